The molecule has 1 aliphatic heterocycles. The van der Waals surface area contributed by atoms with Crippen LogP contribution < -0.4 is 10.1 Å². The van der Waals surface area contributed by atoms with Crippen molar-refractivity contribution < 1.29 is 27.5 Å². The topological polar surface area (TPSA) is 71.8 Å². The Kier molecular flexibility index (Phi) is 7.72. The summed E-state index contributed by atoms with van der Waals surface area (Å²) in [7, 11) is 0. The van der Waals surface area contributed by atoms with Gasteiger partial charge in [0.05, 0.1) is 12.3 Å². The number of nitrogens with one attached hydrogen (secondary N) is 1. The Bertz CT molecular complexity index is 1450. The first-order chi connectivity index (χ1) is 18.9. The summed E-state index contributed by atoms with van der Waals surface area (Å²) < 4.78 is 38.7. The third-order valence-electron chi connectivity index (χ3n) is 6.82. The van der Waals surface area contributed by atoms with Crippen LogP contribution in [0.3, 0.4) is 0 Å². The fourth-order valence-electron chi connectivity index (χ4n) is 4.87. The van der Waals surface area contributed by atoms with E-state index in [-0.39, 0.29) is 35.8 Å². The minimum absolute atomic E-state index is 0.178. The largest absolute Gasteiger partial charge is 0.481 e. The number of fused-ring (bicyclic) bond motifs is 1. The molecule has 1 aliphatic rings. The van der Waals surface area contributed by atoms with Crippen LogP contribution in [0, 0.1) is 11.6 Å². The van der Waals surface area contributed by atoms with Crippen LogP contribution in [0.2, 0.25) is 0 Å². The molecule has 4 aromatic rings. The molecule has 0 aliphatic carbocycles. The number of halogens is 2. The molecule has 2 amide bonds. The minimum atomic E-state index is -0.773. The van der Waals surface area contributed by atoms with Crippen molar-refractivity contribution in [2.24, 2.45) is 0 Å². The van der Waals surface area contributed by atoms with Gasteiger partial charge in [-0.1, -0.05) is 37.3 Å². The van der Waals surface area contributed by atoms with Crippen molar-refractivity contribution in [3.05, 3.63) is 125 Å². The third kappa shape index (κ3) is 5.85. The smallest absolute Gasteiger partial charge is 0.290 e. The molecule has 0 bridgehead atoms. The lowest BCUT2D eigenvalue weighted by molar-refractivity contribution is -0.128. The highest BCUT2D eigenvalue weighted by molar-refractivity contribution is 5.92. The summed E-state index contributed by atoms with van der Waals surface area (Å²) in [5.41, 5.74) is 3.26. The van der Waals surface area contributed by atoms with Crippen LogP contribution in [0.5, 0.6) is 5.75 Å². The van der Waals surface area contributed by atoms with Gasteiger partial charge in [0.25, 0.3) is 11.8 Å². The second-order valence-electron chi connectivity index (χ2n) is 9.40. The van der Waals surface area contributed by atoms with Gasteiger partial charge in [0, 0.05) is 13.1 Å². The van der Waals surface area contributed by atoms with Crippen LogP contribution in [-0.4, -0.2) is 29.4 Å². The molecule has 8 heteroatoms. The number of rotatable bonds is 8. The monoisotopic (exact) mass is 530 g/mol. The molecule has 200 valence electrons. The SMILES string of the molecule is CCC(Oc1ccc2c(c1)C(c1ccc(F)cc1)N(C(=O)c1ccco1)CC2)C(=O)NCc1cccc(F)c1. The number of hydrogen-bond acceptors (Lipinski definition) is 4. The Labute approximate surface area is 225 Å². The van der Waals surface area contributed by atoms with E-state index >= 15 is 0 Å². The molecule has 0 saturated heterocycles. The number of carbonyl (C=O) groups is 2. The molecule has 1 aromatic heterocycles. The summed E-state index contributed by atoms with van der Waals surface area (Å²) in [5, 5.41) is 2.81. The number of nitrogens with zero attached hydrogens (tertiary/aromatic N) is 1. The van der Waals surface area contributed by atoms with Gasteiger partial charge in [-0.15, -0.1) is 0 Å². The Morgan fingerprint density at radius 3 is 2.56 bits per heavy atom. The molecule has 5 rings (SSSR count). The van der Waals surface area contributed by atoms with Crippen LogP contribution in [0.1, 0.15) is 52.2 Å². The predicted molar refractivity (Wildman–Crippen MR) is 141 cm³/mol. The molecule has 2 heterocycles. The van der Waals surface area contributed by atoms with E-state index in [1.54, 1.807) is 41.3 Å². The maximum absolute atomic E-state index is 13.8. The van der Waals surface area contributed by atoms with Crippen molar-refractivity contribution >= 4 is 11.8 Å². The highest BCUT2D eigenvalue weighted by atomic mass is 19.1. The van der Waals surface area contributed by atoms with E-state index in [9.17, 15) is 18.4 Å². The van der Waals surface area contributed by atoms with Gasteiger partial charge in [0.2, 0.25) is 0 Å². The summed E-state index contributed by atoms with van der Waals surface area (Å²) in [6.45, 7) is 2.47. The number of benzene rings is 3. The highest BCUT2D eigenvalue weighted by Gasteiger charge is 2.34. The van der Waals surface area contributed by atoms with E-state index in [0.717, 1.165) is 16.7 Å². The third-order valence-corrected chi connectivity index (χ3v) is 6.82. The van der Waals surface area contributed by atoms with Crippen LogP contribution in [0.25, 0.3) is 0 Å². The van der Waals surface area contributed by atoms with Crippen molar-refractivity contribution in [3.8, 4) is 5.75 Å². The predicted octanol–water partition coefficient (Wildman–Crippen LogP) is 5.82. The summed E-state index contributed by atoms with van der Waals surface area (Å²) in [4.78, 5) is 28.0. The van der Waals surface area contributed by atoms with Crippen molar-refractivity contribution in [3.63, 3.8) is 0 Å². The van der Waals surface area contributed by atoms with Crippen LogP contribution in [-0.2, 0) is 17.8 Å². The molecular formula is C31H28F2N2O4. The van der Waals surface area contributed by atoms with Crippen molar-refractivity contribution in [2.75, 3.05) is 6.54 Å². The quantitative estimate of drug-likeness (QED) is 0.312. The lowest BCUT2D eigenvalue weighted by Gasteiger charge is -2.37. The Morgan fingerprint density at radius 1 is 1.03 bits per heavy atom. The second kappa shape index (κ2) is 11.5. The first kappa shape index (κ1) is 26.2. The average molecular weight is 531 g/mol. The van der Waals surface area contributed by atoms with E-state index < -0.39 is 12.1 Å². The van der Waals surface area contributed by atoms with E-state index in [0.29, 0.717) is 30.7 Å². The Morgan fingerprint density at radius 2 is 1.85 bits per heavy atom. The van der Waals surface area contributed by atoms with Gasteiger partial charge >= 0.3 is 0 Å². The molecule has 1 N–H and O–H groups in total. The lowest BCUT2D eigenvalue weighted by Crippen LogP contribution is -2.40. The zero-order valence-corrected chi connectivity index (χ0v) is 21.4. The summed E-state index contributed by atoms with van der Waals surface area (Å²) >= 11 is 0. The standard InChI is InChI=1S/C31H28F2N2O4/c1-2-27(30(36)34-19-20-5-3-6-24(33)17-20)39-25-13-10-21-14-15-35(31(37)28-7-4-16-38-28)29(26(21)18-25)22-8-11-23(32)12-9-22/h3-13,16-18,27,29H,2,14-15,19H2,1H3,(H,34,36). The maximum Gasteiger partial charge on any atom is 0.290 e. The van der Waals surface area contributed by atoms with Gasteiger partial charge < -0.3 is 19.4 Å². The lowest BCUT2D eigenvalue weighted by atomic mass is 9.87. The molecule has 6 nitrogen and oxygen atoms in total. The van der Waals surface area contributed by atoms with Gasteiger partial charge in [-0.05, 0) is 83.6 Å². The maximum atomic E-state index is 13.8. The van der Waals surface area contributed by atoms with Crippen molar-refractivity contribution in [1.29, 1.82) is 0 Å². The van der Waals surface area contributed by atoms with E-state index in [2.05, 4.69) is 5.32 Å². The van der Waals surface area contributed by atoms with Crippen molar-refractivity contribution in [2.45, 2.75) is 38.5 Å². The summed E-state index contributed by atoms with van der Waals surface area (Å²) in [6.07, 6.45) is 1.71. The molecule has 2 unspecified atom stereocenters. The van der Waals surface area contributed by atoms with E-state index in [1.165, 1.54) is 30.5 Å². The average Bonchev–Trinajstić information content (AvgIpc) is 3.49. The highest BCUT2D eigenvalue weighted by Crippen LogP contribution is 2.38. The van der Waals surface area contributed by atoms with Crippen LogP contribution >= 0.6 is 0 Å². The summed E-state index contributed by atoms with van der Waals surface area (Å²) in [5.74, 6) is -0.626. The summed E-state index contributed by atoms with van der Waals surface area (Å²) in [6, 6.07) is 20.5. The molecule has 39 heavy (non-hydrogen) atoms. The molecule has 0 spiro atoms. The zero-order chi connectivity index (χ0) is 27.4. The number of furan rings is 1. The number of hydrogen-bond donors (Lipinski definition) is 1. The van der Waals surface area contributed by atoms with Gasteiger partial charge in [-0.25, -0.2) is 8.78 Å². The van der Waals surface area contributed by atoms with Crippen LogP contribution in [0.4, 0.5) is 8.78 Å². The first-order valence-corrected chi connectivity index (χ1v) is 12.8. The fourth-order valence-corrected chi connectivity index (χ4v) is 4.87. The normalized spacial score (nSPS) is 15.4. The molecule has 0 fully saturated rings. The second-order valence-corrected chi connectivity index (χ2v) is 9.40. The first-order valence-electron chi connectivity index (χ1n) is 12.8. The van der Waals surface area contributed by atoms with Crippen molar-refractivity contribution in [1.82, 2.24) is 10.2 Å². The Balaban J connectivity index is 1.40. The Hall–Kier alpha value is -4.46. The zero-order valence-electron chi connectivity index (χ0n) is 21.4. The molecule has 2 atom stereocenters. The van der Waals surface area contributed by atoms with Crippen LogP contribution in [0.15, 0.2) is 89.5 Å². The van der Waals surface area contributed by atoms with Gasteiger partial charge in [-0.2, -0.15) is 0 Å². The fraction of sp³-hybridized carbons (Fsp3) is 0.226. The van der Waals surface area contributed by atoms with Gasteiger partial charge in [0.1, 0.15) is 17.4 Å². The van der Waals surface area contributed by atoms with Gasteiger partial charge in [0.15, 0.2) is 11.9 Å². The van der Waals surface area contributed by atoms with E-state index in [4.69, 9.17) is 9.15 Å². The molecular weight excluding hydrogens is 502 g/mol. The molecule has 0 radical (unpaired) electrons. The van der Waals surface area contributed by atoms with E-state index in [1.807, 2.05) is 25.1 Å². The number of amides is 2. The molecule has 0 saturated carbocycles. The minimum Gasteiger partial charge on any atom is -0.481 e. The molecule has 3 aromatic carbocycles. The number of carbonyl (C=O) groups excluding carboxylic acids is 2. The van der Waals surface area contributed by atoms with Gasteiger partial charge in [-0.3, -0.25) is 9.59 Å². The number of ether oxygens (including phenoxy) is 1.